The molecular formula is C14H21NO3. The Kier molecular flexibility index (Phi) is 4.84. The number of ether oxygens (including phenoxy) is 3. The maximum atomic E-state index is 5.72. The van der Waals surface area contributed by atoms with Crippen LogP contribution < -0.4 is 14.8 Å². The van der Waals surface area contributed by atoms with Gasteiger partial charge in [-0.05, 0) is 19.5 Å². The summed E-state index contributed by atoms with van der Waals surface area (Å²) in [5.74, 6) is 1.68. The van der Waals surface area contributed by atoms with E-state index < -0.39 is 0 Å². The van der Waals surface area contributed by atoms with E-state index in [-0.39, 0.29) is 6.04 Å². The summed E-state index contributed by atoms with van der Waals surface area (Å²) in [7, 11) is 1.93. The second kappa shape index (κ2) is 6.61. The summed E-state index contributed by atoms with van der Waals surface area (Å²) in [6, 6.07) is 6.13. The van der Waals surface area contributed by atoms with Crippen molar-refractivity contribution < 1.29 is 14.2 Å². The van der Waals surface area contributed by atoms with Gasteiger partial charge in [-0.2, -0.15) is 0 Å². The van der Waals surface area contributed by atoms with E-state index in [9.17, 15) is 0 Å². The van der Waals surface area contributed by atoms with Crippen LogP contribution in [0.25, 0.3) is 0 Å². The average Bonchev–Trinajstić information content (AvgIpc) is 2.43. The highest BCUT2D eigenvalue weighted by Crippen LogP contribution is 2.36. The van der Waals surface area contributed by atoms with E-state index in [0.29, 0.717) is 19.8 Å². The highest BCUT2D eigenvalue weighted by atomic mass is 16.6. The van der Waals surface area contributed by atoms with Gasteiger partial charge in [0.05, 0.1) is 12.6 Å². The van der Waals surface area contributed by atoms with Crippen LogP contribution >= 0.6 is 0 Å². The number of hydrogen-bond acceptors (Lipinski definition) is 4. The molecule has 0 aliphatic carbocycles. The molecule has 1 heterocycles. The first-order valence-corrected chi connectivity index (χ1v) is 6.50. The molecule has 0 spiro atoms. The van der Waals surface area contributed by atoms with Crippen molar-refractivity contribution in [1.29, 1.82) is 0 Å². The fourth-order valence-electron chi connectivity index (χ4n) is 2.04. The van der Waals surface area contributed by atoms with Crippen molar-refractivity contribution in [2.24, 2.45) is 0 Å². The van der Waals surface area contributed by atoms with Gasteiger partial charge in [-0.15, -0.1) is 0 Å². The molecule has 4 nitrogen and oxygen atoms in total. The standard InChI is InChI=1S/C14H21NO3/c1-3-7-16-10-12(15-2)11-5-4-6-13-14(11)18-9-8-17-13/h4-6,12,15H,3,7-10H2,1-2H3. The summed E-state index contributed by atoms with van der Waals surface area (Å²) in [5, 5.41) is 3.27. The molecule has 0 amide bonds. The van der Waals surface area contributed by atoms with Crippen LogP contribution in [0.5, 0.6) is 11.5 Å². The minimum Gasteiger partial charge on any atom is -0.486 e. The number of likely N-dealkylation sites (N-methyl/N-ethyl adjacent to an activating group) is 1. The number of hydrogen-bond donors (Lipinski definition) is 1. The van der Waals surface area contributed by atoms with Crippen LogP contribution in [0, 0.1) is 0 Å². The van der Waals surface area contributed by atoms with Crippen molar-refractivity contribution >= 4 is 0 Å². The van der Waals surface area contributed by atoms with Crippen molar-refractivity contribution in [1.82, 2.24) is 5.32 Å². The third-order valence-corrected chi connectivity index (χ3v) is 2.95. The zero-order valence-electron chi connectivity index (χ0n) is 11.1. The molecule has 1 aliphatic rings. The summed E-state index contributed by atoms with van der Waals surface area (Å²) in [5.41, 5.74) is 1.10. The zero-order chi connectivity index (χ0) is 12.8. The summed E-state index contributed by atoms with van der Waals surface area (Å²) in [6.07, 6.45) is 1.03. The molecule has 1 unspecified atom stereocenters. The van der Waals surface area contributed by atoms with E-state index in [1.807, 2.05) is 19.2 Å². The molecule has 1 aromatic carbocycles. The Morgan fingerprint density at radius 2 is 2.17 bits per heavy atom. The summed E-state index contributed by atoms with van der Waals surface area (Å²) < 4.78 is 16.9. The van der Waals surface area contributed by atoms with Crippen LogP contribution in [0.2, 0.25) is 0 Å². The van der Waals surface area contributed by atoms with Gasteiger partial charge in [0.25, 0.3) is 0 Å². The Morgan fingerprint density at radius 3 is 2.94 bits per heavy atom. The van der Waals surface area contributed by atoms with Gasteiger partial charge in [0.1, 0.15) is 13.2 Å². The molecule has 0 saturated heterocycles. The lowest BCUT2D eigenvalue weighted by atomic mass is 10.1. The fraction of sp³-hybridized carbons (Fsp3) is 0.571. The molecule has 1 aliphatic heterocycles. The lowest BCUT2D eigenvalue weighted by Crippen LogP contribution is -2.25. The van der Waals surface area contributed by atoms with Crippen LogP contribution in [0.4, 0.5) is 0 Å². The van der Waals surface area contributed by atoms with Crippen LogP contribution in [0.1, 0.15) is 24.9 Å². The molecule has 1 N–H and O–H groups in total. The Balaban J connectivity index is 2.14. The molecule has 0 bridgehead atoms. The largest absolute Gasteiger partial charge is 0.486 e. The molecule has 1 aromatic rings. The molecule has 2 rings (SSSR count). The number of nitrogens with one attached hydrogen (secondary N) is 1. The summed E-state index contributed by atoms with van der Waals surface area (Å²) in [6.45, 7) is 4.76. The Bertz CT molecular complexity index is 381. The van der Waals surface area contributed by atoms with Gasteiger partial charge in [-0.3, -0.25) is 0 Å². The van der Waals surface area contributed by atoms with Gasteiger partial charge in [0, 0.05) is 12.2 Å². The van der Waals surface area contributed by atoms with Crippen molar-refractivity contribution in [3.05, 3.63) is 23.8 Å². The minimum absolute atomic E-state index is 0.133. The van der Waals surface area contributed by atoms with Crippen LogP contribution in [-0.4, -0.2) is 33.5 Å². The van der Waals surface area contributed by atoms with E-state index in [1.54, 1.807) is 0 Å². The first-order chi connectivity index (χ1) is 8.86. The lowest BCUT2D eigenvalue weighted by molar-refractivity contribution is 0.111. The summed E-state index contributed by atoms with van der Waals surface area (Å²) >= 11 is 0. The van der Waals surface area contributed by atoms with E-state index in [1.165, 1.54) is 0 Å². The topological polar surface area (TPSA) is 39.7 Å². The minimum atomic E-state index is 0.133. The molecule has 0 saturated carbocycles. The predicted molar refractivity (Wildman–Crippen MR) is 70.3 cm³/mol. The van der Waals surface area contributed by atoms with Gasteiger partial charge in [0.2, 0.25) is 0 Å². The lowest BCUT2D eigenvalue weighted by Gasteiger charge is -2.25. The number of rotatable bonds is 6. The fourth-order valence-corrected chi connectivity index (χ4v) is 2.04. The first kappa shape index (κ1) is 13.2. The van der Waals surface area contributed by atoms with E-state index >= 15 is 0 Å². The Morgan fingerprint density at radius 1 is 1.33 bits per heavy atom. The smallest absolute Gasteiger partial charge is 0.166 e. The van der Waals surface area contributed by atoms with E-state index in [0.717, 1.165) is 30.1 Å². The molecule has 0 fully saturated rings. The number of para-hydroxylation sites is 1. The SMILES string of the molecule is CCCOCC(NC)c1cccc2c1OCCO2. The zero-order valence-corrected chi connectivity index (χ0v) is 11.1. The maximum Gasteiger partial charge on any atom is 0.166 e. The molecule has 0 radical (unpaired) electrons. The quantitative estimate of drug-likeness (QED) is 0.786. The predicted octanol–water partition coefficient (Wildman–Crippen LogP) is 2.14. The highest BCUT2D eigenvalue weighted by molar-refractivity contribution is 5.48. The third kappa shape index (κ3) is 2.94. The second-order valence-corrected chi connectivity index (χ2v) is 4.29. The number of fused-ring (bicyclic) bond motifs is 1. The first-order valence-electron chi connectivity index (χ1n) is 6.50. The third-order valence-electron chi connectivity index (χ3n) is 2.95. The van der Waals surface area contributed by atoms with Gasteiger partial charge in [-0.1, -0.05) is 19.1 Å². The average molecular weight is 251 g/mol. The highest BCUT2D eigenvalue weighted by Gasteiger charge is 2.21. The van der Waals surface area contributed by atoms with Gasteiger partial charge in [-0.25, -0.2) is 0 Å². The van der Waals surface area contributed by atoms with Gasteiger partial charge < -0.3 is 19.5 Å². The second-order valence-electron chi connectivity index (χ2n) is 4.29. The molecular weight excluding hydrogens is 230 g/mol. The van der Waals surface area contributed by atoms with Gasteiger partial charge >= 0.3 is 0 Å². The van der Waals surface area contributed by atoms with Crippen LogP contribution in [-0.2, 0) is 4.74 Å². The van der Waals surface area contributed by atoms with E-state index in [2.05, 4.69) is 18.3 Å². The van der Waals surface area contributed by atoms with Crippen LogP contribution in [0.15, 0.2) is 18.2 Å². The van der Waals surface area contributed by atoms with Gasteiger partial charge in [0.15, 0.2) is 11.5 Å². The van der Waals surface area contributed by atoms with Crippen LogP contribution in [0.3, 0.4) is 0 Å². The Hall–Kier alpha value is -1.26. The Labute approximate surface area is 108 Å². The molecule has 0 aromatic heterocycles. The number of benzene rings is 1. The van der Waals surface area contributed by atoms with Crippen molar-refractivity contribution in [3.63, 3.8) is 0 Å². The maximum absolute atomic E-state index is 5.72. The van der Waals surface area contributed by atoms with Crippen molar-refractivity contribution in [2.75, 3.05) is 33.5 Å². The van der Waals surface area contributed by atoms with Crippen molar-refractivity contribution in [3.8, 4) is 11.5 Å². The van der Waals surface area contributed by atoms with Crippen molar-refractivity contribution in [2.45, 2.75) is 19.4 Å². The van der Waals surface area contributed by atoms with E-state index in [4.69, 9.17) is 14.2 Å². The molecule has 4 heteroatoms. The monoisotopic (exact) mass is 251 g/mol. The molecule has 1 atom stereocenters. The normalized spacial score (nSPS) is 15.4. The summed E-state index contributed by atoms with van der Waals surface area (Å²) in [4.78, 5) is 0. The molecule has 100 valence electrons. The molecule has 18 heavy (non-hydrogen) atoms.